The van der Waals surface area contributed by atoms with E-state index < -0.39 is 0 Å². The summed E-state index contributed by atoms with van der Waals surface area (Å²) in [5, 5.41) is 1.10. The summed E-state index contributed by atoms with van der Waals surface area (Å²) in [5.41, 5.74) is 1.30. The zero-order valence-electron chi connectivity index (χ0n) is 7.35. The van der Waals surface area contributed by atoms with Crippen LogP contribution in [-0.4, -0.2) is 14.3 Å². The van der Waals surface area contributed by atoms with Crippen LogP contribution >= 0.6 is 34.1 Å². The van der Waals surface area contributed by atoms with Crippen molar-refractivity contribution >= 4 is 34.1 Å². The van der Waals surface area contributed by atoms with E-state index >= 15 is 0 Å². The molecule has 0 N–H and O–H groups in total. The molecule has 0 atom stereocenters. The van der Waals surface area contributed by atoms with Crippen LogP contribution in [0.1, 0.15) is 10.6 Å². The Morgan fingerprint density at radius 2 is 2.00 bits per heavy atom. The van der Waals surface area contributed by atoms with E-state index in [4.69, 9.17) is 0 Å². The molecular weight excluding hydrogens is 309 g/mol. The number of aryl methyl sites for hydroxylation is 2. The highest BCUT2D eigenvalue weighted by Gasteiger charge is 2.01. The minimum atomic E-state index is 0.845. The second-order valence-electron chi connectivity index (χ2n) is 2.81. The summed E-state index contributed by atoms with van der Waals surface area (Å²) in [6.45, 7) is 0. The Bertz CT molecular complexity index is 401. The average Bonchev–Trinajstić information content (AvgIpc) is 2.63. The fourth-order valence-electron chi connectivity index (χ4n) is 1.14. The van der Waals surface area contributed by atoms with E-state index in [1.54, 1.807) is 0 Å². The third-order valence-electron chi connectivity index (χ3n) is 1.82. The molecule has 2 aromatic rings. The fraction of sp³-hybridized carbons (Fsp3) is 0.222. The van der Waals surface area contributed by atoms with Crippen molar-refractivity contribution in [2.75, 3.05) is 0 Å². The van der Waals surface area contributed by atoms with Crippen LogP contribution in [0, 0.1) is 3.83 Å². The summed E-state index contributed by atoms with van der Waals surface area (Å²) >= 11 is 3.62. The molecule has 0 aliphatic carbocycles. The van der Waals surface area contributed by atoms with Gasteiger partial charge in [0.15, 0.2) is 0 Å². The van der Waals surface area contributed by atoms with Gasteiger partial charge in [-0.15, -0.1) is 0 Å². The number of halogens is 1. The van der Waals surface area contributed by atoms with E-state index in [0.717, 1.165) is 21.7 Å². The Hall–Kier alpha value is -0.560. The van der Waals surface area contributed by atoms with E-state index in [1.165, 1.54) is 17.1 Å². The monoisotopic (exact) mass is 317 g/mol. The molecule has 0 aliphatic rings. The highest BCUT2D eigenvalue weighted by Crippen LogP contribution is 2.10. The van der Waals surface area contributed by atoms with E-state index in [0.29, 0.717) is 0 Å². The molecule has 0 bridgehead atoms. The zero-order valence-corrected chi connectivity index (χ0v) is 10.3. The maximum Gasteiger partial charge on any atom is 0.203 e. The van der Waals surface area contributed by atoms with E-state index in [1.807, 2.05) is 24.5 Å². The fourth-order valence-corrected chi connectivity index (χ4v) is 2.43. The lowest BCUT2D eigenvalue weighted by Crippen LogP contribution is -1.90. The lowest BCUT2D eigenvalue weighted by molar-refractivity contribution is 0.934. The van der Waals surface area contributed by atoms with Gasteiger partial charge in [-0.05, 0) is 35.6 Å². The van der Waals surface area contributed by atoms with Gasteiger partial charge in [0.05, 0.1) is 0 Å². The van der Waals surface area contributed by atoms with Crippen LogP contribution in [0.15, 0.2) is 24.5 Å². The van der Waals surface area contributed by atoms with Gasteiger partial charge in [-0.2, -0.15) is 4.37 Å². The molecule has 0 aliphatic heterocycles. The van der Waals surface area contributed by atoms with Crippen molar-refractivity contribution in [2.24, 2.45) is 0 Å². The molecule has 2 heterocycles. The molecule has 5 heteroatoms. The summed E-state index contributed by atoms with van der Waals surface area (Å²) in [6, 6.07) is 4.07. The number of pyridine rings is 1. The summed E-state index contributed by atoms with van der Waals surface area (Å²) in [6.07, 6.45) is 5.61. The number of hydrogen-bond acceptors (Lipinski definition) is 4. The van der Waals surface area contributed by atoms with Gasteiger partial charge in [-0.3, -0.25) is 4.98 Å². The number of hydrogen-bond donors (Lipinski definition) is 0. The van der Waals surface area contributed by atoms with E-state index in [9.17, 15) is 0 Å². The maximum atomic E-state index is 4.30. The standard InChI is InChI=1S/C9H8IN3S/c10-9-12-8(14-13-9)2-1-7-3-5-11-6-4-7/h3-6H,1-2H2. The molecule has 2 aromatic heterocycles. The van der Waals surface area contributed by atoms with Crippen molar-refractivity contribution in [1.29, 1.82) is 0 Å². The minimum absolute atomic E-state index is 0.845. The van der Waals surface area contributed by atoms with Crippen LogP contribution in [0.3, 0.4) is 0 Å². The van der Waals surface area contributed by atoms with Crippen LogP contribution in [-0.2, 0) is 12.8 Å². The van der Waals surface area contributed by atoms with Gasteiger partial charge < -0.3 is 0 Å². The summed E-state index contributed by atoms with van der Waals surface area (Å²) in [4.78, 5) is 8.28. The molecule has 0 radical (unpaired) electrons. The smallest absolute Gasteiger partial charge is 0.203 e. The van der Waals surface area contributed by atoms with Crippen LogP contribution in [0.2, 0.25) is 0 Å². The Morgan fingerprint density at radius 3 is 2.64 bits per heavy atom. The van der Waals surface area contributed by atoms with Crippen molar-refractivity contribution in [3.63, 3.8) is 0 Å². The molecule has 3 nitrogen and oxygen atoms in total. The molecule has 14 heavy (non-hydrogen) atoms. The normalized spacial score (nSPS) is 10.4. The second-order valence-corrected chi connectivity index (χ2v) is 4.61. The molecule has 0 aromatic carbocycles. The molecule has 0 saturated carbocycles. The van der Waals surface area contributed by atoms with Crippen molar-refractivity contribution in [2.45, 2.75) is 12.8 Å². The maximum absolute atomic E-state index is 4.30. The van der Waals surface area contributed by atoms with E-state index in [2.05, 4.69) is 36.9 Å². The summed E-state index contributed by atoms with van der Waals surface area (Å²) < 4.78 is 4.98. The van der Waals surface area contributed by atoms with Crippen molar-refractivity contribution in [3.05, 3.63) is 38.9 Å². The predicted octanol–water partition coefficient (Wildman–Crippen LogP) is 2.32. The highest BCUT2D eigenvalue weighted by atomic mass is 127. The highest BCUT2D eigenvalue weighted by molar-refractivity contribution is 14.1. The molecule has 0 saturated heterocycles. The van der Waals surface area contributed by atoms with Crippen molar-refractivity contribution in [3.8, 4) is 0 Å². The lowest BCUT2D eigenvalue weighted by Gasteiger charge is -1.96. The molecule has 0 spiro atoms. The molecule has 2 rings (SSSR count). The van der Waals surface area contributed by atoms with Crippen molar-refractivity contribution < 1.29 is 0 Å². The number of nitrogens with zero attached hydrogens (tertiary/aromatic N) is 3. The Morgan fingerprint density at radius 1 is 1.21 bits per heavy atom. The first-order valence-electron chi connectivity index (χ1n) is 4.21. The lowest BCUT2D eigenvalue weighted by atomic mass is 10.1. The Labute approximate surface area is 99.9 Å². The largest absolute Gasteiger partial charge is 0.265 e. The van der Waals surface area contributed by atoms with Gasteiger partial charge in [-0.25, -0.2) is 4.98 Å². The molecule has 0 fully saturated rings. The first-order valence-corrected chi connectivity index (χ1v) is 6.07. The predicted molar refractivity (Wildman–Crippen MR) is 64.3 cm³/mol. The first kappa shape index (κ1) is 9.97. The van der Waals surface area contributed by atoms with Gasteiger partial charge >= 0.3 is 0 Å². The zero-order chi connectivity index (χ0) is 9.80. The van der Waals surface area contributed by atoms with E-state index in [-0.39, 0.29) is 0 Å². The Kier molecular flexibility index (Phi) is 3.41. The average molecular weight is 317 g/mol. The van der Waals surface area contributed by atoms with Crippen LogP contribution in [0.4, 0.5) is 0 Å². The van der Waals surface area contributed by atoms with Gasteiger partial charge in [0.1, 0.15) is 5.01 Å². The van der Waals surface area contributed by atoms with Gasteiger partial charge in [0.2, 0.25) is 3.83 Å². The number of rotatable bonds is 3. The van der Waals surface area contributed by atoms with Crippen LogP contribution < -0.4 is 0 Å². The molecule has 0 unspecified atom stereocenters. The van der Waals surface area contributed by atoms with Crippen molar-refractivity contribution in [1.82, 2.24) is 14.3 Å². The second kappa shape index (κ2) is 4.79. The van der Waals surface area contributed by atoms with Gasteiger partial charge in [-0.1, -0.05) is 0 Å². The minimum Gasteiger partial charge on any atom is -0.265 e. The molecular formula is C9H8IN3S. The summed E-state index contributed by atoms with van der Waals surface area (Å²) in [5.74, 6) is 0. The third-order valence-corrected chi connectivity index (χ3v) is 3.40. The van der Waals surface area contributed by atoms with Gasteiger partial charge in [0.25, 0.3) is 0 Å². The van der Waals surface area contributed by atoms with Crippen LogP contribution in [0.5, 0.6) is 0 Å². The third kappa shape index (κ3) is 2.71. The quantitative estimate of drug-likeness (QED) is 0.816. The van der Waals surface area contributed by atoms with Gasteiger partial charge in [0, 0.05) is 41.4 Å². The SMILES string of the molecule is Ic1nsc(CCc2ccncc2)n1. The first-order chi connectivity index (χ1) is 6.84. The molecule has 72 valence electrons. The number of aromatic nitrogens is 3. The topological polar surface area (TPSA) is 38.7 Å². The Balaban J connectivity index is 1.95. The summed E-state index contributed by atoms with van der Waals surface area (Å²) in [7, 11) is 0. The van der Waals surface area contributed by atoms with Crippen LogP contribution in [0.25, 0.3) is 0 Å². The molecule has 0 amide bonds.